The molecule has 3 aromatic rings. The maximum absolute atomic E-state index is 12.4. The molecule has 0 spiro atoms. The Morgan fingerprint density at radius 2 is 1.38 bits per heavy atom. The third-order valence-corrected chi connectivity index (χ3v) is 10.8. The van der Waals surface area contributed by atoms with E-state index in [1.807, 2.05) is 92.7 Å². The molecule has 6 unspecified atom stereocenters. The van der Waals surface area contributed by atoms with Crippen LogP contribution in [-0.4, -0.2) is 115 Å². The van der Waals surface area contributed by atoms with E-state index in [2.05, 4.69) is 10.6 Å². The molecule has 60 heavy (non-hydrogen) atoms. The molecule has 14 nitrogen and oxygen atoms in total. The number of nitrogens with one attached hydrogen (secondary N) is 2. The van der Waals surface area contributed by atoms with Crippen LogP contribution in [0.15, 0.2) is 78.9 Å². The minimum absolute atomic E-state index is 0.00882. The van der Waals surface area contributed by atoms with Crippen LogP contribution in [0.3, 0.4) is 0 Å². The molecule has 330 valence electrons. The number of amides is 2. The molecule has 1 aliphatic heterocycles. The quantitative estimate of drug-likeness (QED) is 0.0562. The average molecular weight is 837 g/mol. The van der Waals surface area contributed by atoms with Gasteiger partial charge in [-0.15, -0.1) is 0 Å². The number of carbonyl (C=O) groups excluding carboxylic acids is 3. The van der Waals surface area contributed by atoms with Crippen molar-refractivity contribution in [3.05, 3.63) is 95.6 Å². The molecule has 0 aliphatic carbocycles. The van der Waals surface area contributed by atoms with E-state index >= 15 is 0 Å². The van der Waals surface area contributed by atoms with Crippen molar-refractivity contribution >= 4 is 17.8 Å². The fourth-order valence-corrected chi connectivity index (χ4v) is 7.25. The van der Waals surface area contributed by atoms with Crippen molar-refractivity contribution in [2.75, 3.05) is 73.6 Å². The molecule has 3 N–H and O–H groups in total. The third kappa shape index (κ3) is 14.3. The second-order valence-corrected chi connectivity index (χ2v) is 15.0. The lowest BCUT2D eigenvalue weighted by Gasteiger charge is -2.44. The van der Waals surface area contributed by atoms with Gasteiger partial charge in [-0.05, 0) is 65.6 Å². The predicted molar refractivity (Wildman–Crippen MR) is 225 cm³/mol. The Labute approximate surface area is 354 Å². The molecule has 1 fully saturated rings. The van der Waals surface area contributed by atoms with E-state index in [1.54, 1.807) is 14.2 Å². The van der Waals surface area contributed by atoms with Crippen LogP contribution in [0.1, 0.15) is 63.6 Å². The lowest BCUT2D eigenvalue weighted by molar-refractivity contribution is -0.247. The number of hydrogen-bond donors (Lipinski definition) is 3. The molecule has 1 heterocycles. The molecule has 6 atom stereocenters. The van der Waals surface area contributed by atoms with Crippen LogP contribution in [0.2, 0.25) is 0 Å². The molecular formula is C46H64N2O12. The number of rotatable bonds is 26. The van der Waals surface area contributed by atoms with E-state index in [-0.39, 0.29) is 88.0 Å². The Balaban J connectivity index is 1.17. The molecule has 1 saturated heterocycles. The summed E-state index contributed by atoms with van der Waals surface area (Å²) in [7, 11) is 3.27. The van der Waals surface area contributed by atoms with Crippen molar-refractivity contribution in [2.45, 2.75) is 71.0 Å². The van der Waals surface area contributed by atoms with Gasteiger partial charge in [0, 0.05) is 32.9 Å². The fourth-order valence-electron chi connectivity index (χ4n) is 7.25. The van der Waals surface area contributed by atoms with Gasteiger partial charge in [0.15, 0.2) is 6.29 Å². The molecule has 3 aromatic carbocycles. The Hall–Kier alpha value is -4.57. The number of benzene rings is 3. The first-order valence-electron chi connectivity index (χ1n) is 20.7. The van der Waals surface area contributed by atoms with Gasteiger partial charge in [0.1, 0.15) is 30.3 Å². The fraction of sp³-hybridized carbons (Fsp3) is 0.543. The number of carbonyl (C=O) groups is 3. The van der Waals surface area contributed by atoms with Crippen molar-refractivity contribution in [1.82, 2.24) is 10.6 Å². The van der Waals surface area contributed by atoms with Gasteiger partial charge in [-0.3, -0.25) is 14.4 Å². The van der Waals surface area contributed by atoms with E-state index < -0.39 is 17.9 Å². The van der Waals surface area contributed by atoms with Gasteiger partial charge in [-0.2, -0.15) is 0 Å². The second kappa shape index (κ2) is 25.3. The Morgan fingerprint density at radius 1 is 0.783 bits per heavy atom. The summed E-state index contributed by atoms with van der Waals surface area (Å²) in [5.74, 6) is 0.546. The molecule has 0 radical (unpaired) electrons. The van der Waals surface area contributed by atoms with Crippen molar-refractivity contribution in [2.24, 2.45) is 17.8 Å². The maximum Gasteiger partial charge on any atom is 0.302 e. The van der Waals surface area contributed by atoms with Gasteiger partial charge in [-0.1, -0.05) is 74.9 Å². The van der Waals surface area contributed by atoms with E-state index in [0.717, 1.165) is 41.0 Å². The van der Waals surface area contributed by atoms with Gasteiger partial charge in [0.25, 0.3) is 0 Å². The zero-order valence-corrected chi connectivity index (χ0v) is 35.9. The standard InChI is InChI=1S/C46H64N2O12/c1-32-33(2)44(48-34(3)50)45(60-42(32)30-58-35(4)51)57-27-26-55-24-25-56-31-43(52)47-23-11-10-12-36(28-49)29-59-46(37-13-8-7-9-14-37,38-15-19-40(53-5)20-16-38)39-17-21-41(54-6)22-18-39/h7-9,13-22,32-33,36,42,44-45,49H,10-12,23-31H2,1-6H3,(H,47,52)(H,48,50). The van der Waals surface area contributed by atoms with Gasteiger partial charge in [0.2, 0.25) is 11.8 Å². The molecular weight excluding hydrogens is 773 g/mol. The topological polar surface area (TPSA) is 169 Å². The summed E-state index contributed by atoms with van der Waals surface area (Å²) in [6.45, 7) is 8.43. The van der Waals surface area contributed by atoms with Crippen LogP contribution >= 0.6 is 0 Å². The van der Waals surface area contributed by atoms with E-state index in [1.165, 1.54) is 13.8 Å². The van der Waals surface area contributed by atoms with Crippen molar-refractivity contribution in [1.29, 1.82) is 0 Å². The van der Waals surface area contributed by atoms with Crippen LogP contribution in [0.5, 0.6) is 11.5 Å². The first kappa shape index (κ1) is 48.1. The Kier molecular flexibility index (Phi) is 20.3. The number of ether oxygens (including phenoxy) is 8. The number of esters is 1. The maximum atomic E-state index is 12.4. The summed E-state index contributed by atoms with van der Waals surface area (Å²) in [5, 5.41) is 16.2. The summed E-state index contributed by atoms with van der Waals surface area (Å²) < 4.78 is 46.2. The van der Waals surface area contributed by atoms with Gasteiger partial charge in [0.05, 0.1) is 59.4 Å². The molecule has 4 rings (SSSR count). The van der Waals surface area contributed by atoms with Crippen molar-refractivity contribution in [3.63, 3.8) is 0 Å². The highest BCUT2D eigenvalue weighted by molar-refractivity contribution is 5.77. The number of methoxy groups -OCH3 is 2. The SMILES string of the molecule is COc1ccc(C(OCC(CO)CCCCNC(=O)COCCOCCOC2OC(COC(C)=O)C(C)C(C)C2NC(C)=O)(c2ccccc2)c2ccc(OC)cc2)cc1. The van der Waals surface area contributed by atoms with Gasteiger partial charge >= 0.3 is 5.97 Å². The van der Waals surface area contributed by atoms with Crippen molar-refractivity contribution in [3.8, 4) is 11.5 Å². The molecule has 0 aromatic heterocycles. The van der Waals surface area contributed by atoms with Crippen LogP contribution in [-0.2, 0) is 48.4 Å². The monoisotopic (exact) mass is 836 g/mol. The molecule has 2 amide bonds. The summed E-state index contributed by atoms with van der Waals surface area (Å²) in [6.07, 6.45) is 1.09. The summed E-state index contributed by atoms with van der Waals surface area (Å²) in [5.41, 5.74) is 1.81. The lowest BCUT2D eigenvalue weighted by Crippen LogP contribution is -2.58. The van der Waals surface area contributed by atoms with Gasteiger partial charge in [-0.25, -0.2) is 0 Å². The molecule has 0 bridgehead atoms. The third-order valence-electron chi connectivity index (χ3n) is 10.8. The van der Waals surface area contributed by atoms with E-state index in [4.69, 9.17) is 37.9 Å². The summed E-state index contributed by atoms with van der Waals surface area (Å²) >= 11 is 0. The average Bonchev–Trinajstić information content (AvgIpc) is 3.26. The van der Waals surface area contributed by atoms with Crippen LogP contribution < -0.4 is 20.1 Å². The molecule has 1 aliphatic rings. The lowest BCUT2D eigenvalue weighted by atomic mass is 9.79. The highest BCUT2D eigenvalue weighted by atomic mass is 16.7. The first-order chi connectivity index (χ1) is 29.0. The van der Waals surface area contributed by atoms with Gasteiger partial charge < -0.3 is 53.6 Å². The summed E-state index contributed by atoms with van der Waals surface area (Å²) in [4.78, 5) is 35.7. The minimum atomic E-state index is -0.974. The van der Waals surface area contributed by atoms with Crippen LogP contribution in [0, 0.1) is 17.8 Å². The second-order valence-electron chi connectivity index (χ2n) is 15.0. The minimum Gasteiger partial charge on any atom is -0.497 e. The Bertz CT molecular complexity index is 1660. The highest BCUT2D eigenvalue weighted by Crippen LogP contribution is 2.42. The highest BCUT2D eigenvalue weighted by Gasteiger charge is 2.43. The summed E-state index contributed by atoms with van der Waals surface area (Å²) in [6, 6.07) is 25.4. The molecule has 14 heteroatoms. The zero-order chi connectivity index (χ0) is 43.3. The largest absolute Gasteiger partial charge is 0.497 e. The predicted octanol–water partition coefficient (Wildman–Crippen LogP) is 5.02. The number of aliphatic hydroxyl groups excluding tert-OH is 1. The van der Waals surface area contributed by atoms with E-state index in [9.17, 15) is 19.5 Å². The normalized spacial score (nSPS) is 19.6. The smallest absolute Gasteiger partial charge is 0.302 e. The van der Waals surface area contributed by atoms with Crippen LogP contribution in [0.25, 0.3) is 0 Å². The number of unbranched alkanes of at least 4 members (excludes halogenated alkanes) is 1. The Morgan fingerprint density at radius 3 is 1.97 bits per heavy atom. The number of aliphatic hydroxyl groups is 1. The first-order valence-corrected chi connectivity index (χ1v) is 20.7. The van der Waals surface area contributed by atoms with Crippen LogP contribution in [0.4, 0.5) is 0 Å². The molecule has 0 saturated carbocycles. The van der Waals surface area contributed by atoms with E-state index in [0.29, 0.717) is 19.6 Å². The number of hydrogen-bond acceptors (Lipinski definition) is 12. The van der Waals surface area contributed by atoms with Crippen molar-refractivity contribution < 1.29 is 57.4 Å². The zero-order valence-electron chi connectivity index (χ0n) is 35.9.